The number of hydrogen-bond acceptors (Lipinski definition) is 3. The molecule has 0 bridgehead atoms. The van der Waals surface area contributed by atoms with Gasteiger partial charge in [-0.05, 0) is 18.8 Å². The molecule has 5 nitrogen and oxygen atoms in total. The SMILES string of the molecule is O=C(O)C(F)(F)c1cn(CC2CC2)nn1. The van der Waals surface area contributed by atoms with Crippen LogP contribution in [-0.2, 0) is 17.3 Å². The van der Waals surface area contributed by atoms with E-state index in [1.165, 1.54) is 4.68 Å². The smallest absolute Gasteiger partial charge is 0.387 e. The van der Waals surface area contributed by atoms with Crippen molar-refractivity contribution in [3.8, 4) is 0 Å². The molecule has 1 fully saturated rings. The Balaban J connectivity index is 2.14. The van der Waals surface area contributed by atoms with Crippen LogP contribution in [0.3, 0.4) is 0 Å². The minimum atomic E-state index is -3.96. The van der Waals surface area contributed by atoms with E-state index in [9.17, 15) is 13.6 Å². The summed E-state index contributed by atoms with van der Waals surface area (Å²) in [5.74, 6) is -5.69. The Morgan fingerprint density at radius 3 is 2.87 bits per heavy atom. The van der Waals surface area contributed by atoms with E-state index in [1.54, 1.807) is 0 Å². The van der Waals surface area contributed by atoms with Gasteiger partial charge in [0.2, 0.25) is 0 Å². The summed E-state index contributed by atoms with van der Waals surface area (Å²) in [5.41, 5.74) is -0.810. The van der Waals surface area contributed by atoms with Crippen molar-refractivity contribution in [2.24, 2.45) is 5.92 Å². The fourth-order valence-electron chi connectivity index (χ4n) is 1.21. The monoisotopic (exact) mass is 217 g/mol. The first-order valence-electron chi connectivity index (χ1n) is 4.52. The van der Waals surface area contributed by atoms with Crippen molar-refractivity contribution in [1.29, 1.82) is 0 Å². The molecule has 0 amide bonds. The van der Waals surface area contributed by atoms with E-state index in [0.717, 1.165) is 19.0 Å². The number of aliphatic carboxylic acids is 1. The number of aromatic nitrogens is 3. The van der Waals surface area contributed by atoms with E-state index in [2.05, 4.69) is 10.3 Å². The van der Waals surface area contributed by atoms with Crippen LogP contribution in [0.2, 0.25) is 0 Å². The van der Waals surface area contributed by atoms with Crippen molar-refractivity contribution < 1.29 is 18.7 Å². The van der Waals surface area contributed by atoms with Crippen molar-refractivity contribution in [3.05, 3.63) is 11.9 Å². The van der Waals surface area contributed by atoms with Crippen LogP contribution in [0.5, 0.6) is 0 Å². The fraction of sp³-hybridized carbons (Fsp3) is 0.625. The van der Waals surface area contributed by atoms with E-state index < -0.39 is 17.6 Å². The van der Waals surface area contributed by atoms with E-state index in [4.69, 9.17) is 5.11 Å². The third kappa shape index (κ3) is 1.95. The molecule has 0 spiro atoms. The van der Waals surface area contributed by atoms with Crippen molar-refractivity contribution in [2.45, 2.75) is 25.3 Å². The third-order valence-electron chi connectivity index (χ3n) is 2.27. The van der Waals surface area contributed by atoms with Gasteiger partial charge in [-0.3, -0.25) is 4.68 Å². The normalized spacial score (nSPS) is 16.7. The first-order chi connectivity index (χ1) is 7.00. The summed E-state index contributed by atoms with van der Waals surface area (Å²) in [6, 6.07) is 0. The molecule has 0 saturated heterocycles. The molecule has 1 heterocycles. The van der Waals surface area contributed by atoms with Crippen LogP contribution in [0.15, 0.2) is 6.20 Å². The predicted molar refractivity (Wildman–Crippen MR) is 44.3 cm³/mol. The second-order valence-corrected chi connectivity index (χ2v) is 3.65. The van der Waals surface area contributed by atoms with Crippen LogP contribution in [0, 0.1) is 5.92 Å². The Labute approximate surface area is 83.7 Å². The summed E-state index contributed by atoms with van der Waals surface area (Å²) < 4.78 is 27.1. The first-order valence-corrected chi connectivity index (χ1v) is 4.52. The Kier molecular flexibility index (Phi) is 2.17. The molecule has 7 heteroatoms. The minimum Gasteiger partial charge on any atom is -0.476 e. The maximum atomic E-state index is 12.9. The maximum Gasteiger partial charge on any atom is 0.387 e. The summed E-state index contributed by atoms with van der Waals surface area (Å²) in [6.07, 6.45) is 3.11. The van der Waals surface area contributed by atoms with Gasteiger partial charge < -0.3 is 5.11 Å². The van der Waals surface area contributed by atoms with Crippen LogP contribution in [0.25, 0.3) is 0 Å². The number of hydrogen-bond donors (Lipinski definition) is 1. The van der Waals surface area contributed by atoms with E-state index >= 15 is 0 Å². The summed E-state index contributed by atoms with van der Waals surface area (Å²) in [7, 11) is 0. The molecule has 0 radical (unpaired) electrons. The van der Waals surface area contributed by atoms with E-state index in [0.29, 0.717) is 12.5 Å². The standard InChI is InChI=1S/C8H9F2N3O2/c9-8(10,7(14)15)6-4-13(12-11-6)3-5-1-2-5/h4-5H,1-3H2,(H,14,15). The zero-order valence-corrected chi connectivity index (χ0v) is 7.73. The fourth-order valence-corrected chi connectivity index (χ4v) is 1.21. The largest absolute Gasteiger partial charge is 0.476 e. The van der Waals surface area contributed by atoms with Crippen molar-refractivity contribution in [2.75, 3.05) is 0 Å². The second kappa shape index (κ2) is 3.25. The number of alkyl halides is 2. The molecule has 1 N–H and O–H groups in total. The van der Waals surface area contributed by atoms with Gasteiger partial charge in [0, 0.05) is 6.54 Å². The Morgan fingerprint density at radius 1 is 1.67 bits per heavy atom. The van der Waals surface area contributed by atoms with E-state index in [-0.39, 0.29) is 0 Å². The lowest BCUT2D eigenvalue weighted by Gasteiger charge is -2.05. The number of carboxylic acid groups (broad SMARTS) is 1. The average Bonchev–Trinajstić information content (AvgIpc) is 2.81. The molecule has 1 aliphatic carbocycles. The zero-order chi connectivity index (χ0) is 11.1. The minimum absolute atomic E-state index is 0.470. The zero-order valence-electron chi connectivity index (χ0n) is 7.73. The van der Waals surface area contributed by atoms with Crippen LogP contribution in [0.4, 0.5) is 8.78 Å². The van der Waals surface area contributed by atoms with Crippen LogP contribution in [-0.4, -0.2) is 26.1 Å². The molecule has 82 valence electrons. The van der Waals surface area contributed by atoms with Gasteiger partial charge in [0.15, 0.2) is 5.69 Å². The highest BCUT2D eigenvalue weighted by atomic mass is 19.3. The Hall–Kier alpha value is -1.53. The summed E-state index contributed by atoms with van der Waals surface area (Å²) >= 11 is 0. The van der Waals surface area contributed by atoms with Gasteiger partial charge >= 0.3 is 11.9 Å². The van der Waals surface area contributed by atoms with Crippen molar-refractivity contribution in [3.63, 3.8) is 0 Å². The van der Waals surface area contributed by atoms with E-state index in [1.807, 2.05) is 0 Å². The van der Waals surface area contributed by atoms with Gasteiger partial charge in [-0.1, -0.05) is 5.21 Å². The van der Waals surface area contributed by atoms with Crippen LogP contribution < -0.4 is 0 Å². The van der Waals surface area contributed by atoms with Gasteiger partial charge in [0.25, 0.3) is 0 Å². The molecule has 1 aliphatic rings. The van der Waals surface area contributed by atoms with Crippen molar-refractivity contribution in [1.82, 2.24) is 15.0 Å². The third-order valence-corrected chi connectivity index (χ3v) is 2.27. The number of nitrogens with zero attached hydrogens (tertiary/aromatic N) is 3. The maximum absolute atomic E-state index is 12.9. The molecule has 1 aromatic heterocycles. The number of carboxylic acids is 1. The lowest BCUT2D eigenvalue weighted by molar-refractivity contribution is -0.166. The number of halogens is 2. The lowest BCUT2D eigenvalue weighted by atomic mass is 10.2. The summed E-state index contributed by atoms with van der Waals surface area (Å²) in [4.78, 5) is 10.2. The molecular weight excluding hydrogens is 208 g/mol. The van der Waals surface area contributed by atoms with Gasteiger partial charge in [-0.2, -0.15) is 8.78 Å². The predicted octanol–water partition coefficient (Wildman–Crippen LogP) is 0.865. The Bertz CT molecular complexity index is 387. The molecular formula is C8H9F2N3O2. The highest BCUT2D eigenvalue weighted by molar-refractivity contribution is 5.76. The number of rotatable bonds is 4. The highest BCUT2D eigenvalue weighted by Gasteiger charge is 2.44. The van der Waals surface area contributed by atoms with Crippen LogP contribution in [0.1, 0.15) is 18.5 Å². The second-order valence-electron chi connectivity index (χ2n) is 3.65. The molecule has 0 aromatic carbocycles. The Morgan fingerprint density at radius 2 is 2.33 bits per heavy atom. The highest BCUT2D eigenvalue weighted by Crippen LogP contribution is 2.31. The molecule has 1 aromatic rings. The summed E-state index contributed by atoms with van der Waals surface area (Å²) in [5, 5.41) is 14.9. The quantitative estimate of drug-likeness (QED) is 0.812. The van der Waals surface area contributed by atoms with Gasteiger partial charge in [-0.25, -0.2) is 4.79 Å². The lowest BCUT2D eigenvalue weighted by Crippen LogP contribution is -2.25. The van der Waals surface area contributed by atoms with Gasteiger partial charge in [0.05, 0.1) is 6.20 Å². The van der Waals surface area contributed by atoms with Crippen LogP contribution >= 0.6 is 0 Å². The molecule has 1 saturated carbocycles. The molecule has 0 unspecified atom stereocenters. The average molecular weight is 217 g/mol. The molecule has 0 aliphatic heterocycles. The van der Waals surface area contributed by atoms with Gasteiger partial charge in [0.1, 0.15) is 0 Å². The molecule has 2 rings (SSSR count). The first kappa shape index (κ1) is 10.0. The topological polar surface area (TPSA) is 68.0 Å². The summed E-state index contributed by atoms with van der Waals surface area (Å²) in [6.45, 7) is 0.530. The number of carbonyl (C=O) groups is 1. The molecule has 15 heavy (non-hydrogen) atoms. The van der Waals surface area contributed by atoms with Crippen molar-refractivity contribution >= 4 is 5.97 Å². The molecule has 0 atom stereocenters. The van der Waals surface area contributed by atoms with Gasteiger partial charge in [-0.15, -0.1) is 5.10 Å².